The molecular weight excluding hydrogens is 382 g/mol. The average Bonchev–Trinajstić information content (AvgIpc) is 3.10. The van der Waals surface area contributed by atoms with Gasteiger partial charge in [0.1, 0.15) is 0 Å². The van der Waals surface area contributed by atoms with Gasteiger partial charge in [-0.1, -0.05) is 0 Å². The molecule has 22 heavy (non-hydrogen) atoms. The van der Waals surface area contributed by atoms with Gasteiger partial charge >= 0.3 is 5.97 Å². The molecule has 0 amide bonds. The molecule has 3 rings (SSSR count). The predicted octanol–water partition coefficient (Wildman–Crippen LogP) is 4.77. The molecule has 2 atom stereocenters. The van der Waals surface area contributed by atoms with Gasteiger partial charge in [-0.15, -0.1) is 22.7 Å². The van der Waals surface area contributed by atoms with Crippen molar-refractivity contribution in [3.05, 3.63) is 42.7 Å². The van der Waals surface area contributed by atoms with Gasteiger partial charge in [-0.2, -0.15) is 0 Å². The lowest BCUT2D eigenvalue weighted by molar-refractivity contribution is -0.143. The molecule has 3 nitrogen and oxygen atoms in total. The van der Waals surface area contributed by atoms with Crippen LogP contribution in [-0.2, 0) is 4.79 Å². The number of aryl methyl sites for hydroxylation is 1. The van der Waals surface area contributed by atoms with Gasteiger partial charge in [0.25, 0.3) is 0 Å². The maximum Gasteiger partial charge on any atom is 0.307 e. The third-order valence-electron chi connectivity index (χ3n) is 4.18. The first-order valence-corrected chi connectivity index (χ1v) is 9.81. The standard InChI is InChI=1S/C16H18BrNO2S2/c1-10-6-8-21-15(10)14(12-4-5-13(17)22-12)18-7-2-3-11(9-18)16(19)20/h4-6,8,11,14H,2-3,7,9H2,1H3,(H,19,20). The highest BCUT2D eigenvalue weighted by atomic mass is 79.9. The monoisotopic (exact) mass is 399 g/mol. The zero-order valence-corrected chi connectivity index (χ0v) is 15.5. The Morgan fingerprint density at radius 2 is 2.27 bits per heavy atom. The van der Waals surface area contributed by atoms with Crippen LogP contribution in [0.5, 0.6) is 0 Å². The quantitative estimate of drug-likeness (QED) is 0.804. The van der Waals surface area contributed by atoms with Crippen LogP contribution in [0.1, 0.15) is 34.2 Å². The summed E-state index contributed by atoms with van der Waals surface area (Å²) < 4.78 is 1.12. The fourth-order valence-electron chi connectivity index (χ4n) is 3.06. The molecular formula is C16H18BrNO2S2. The predicted molar refractivity (Wildman–Crippen MR) is 94.9 cm³/mol. The van der Waals surface area contributed by atoms with Crippen molar-refractivity contribution < 1.29 is 9.90 Å². The Labute approximate surface area is 146 Å². The molecule has 3 heterocycles. The van der Waals surface area contributed by atoms with Gasteiger partial charge in [-0.05, 0) is 71.4 Å². The summed E-state index contributed by atoms with van der Waals surface area (Å²) in [6, 6.07) is 6.56. The minimum Gasteiger partial charge on any atom is -0.481 e. The Morgan fingerprint density at radius 1 is 1.45 bits per heavy atom. The smallest absolute Gasteiger partial charge is 0.307 e. The molecule has 2 unspecified atom stereocenters. The highest BCUT2D eigenvalue weighted by Crippen LogP contribution is 2.40. The van der Waals surface area contributed by atoms with Gasteiger partial charge in [-0.3, -0.25) is 9.69 Å². The Hall–Kier alpha value is -0.690. The van der Waals surface area contributed by atoms with Crippen molar-refractivity contribution in [2.45, 2.75) is 25.8 Å². The van der Waals surface area contributed by atoms with Crippen molar-refractivity contribution >= 4 is 44.6 Å². The number of aliphatic carboxylic acids is 1. The van der Waals surface area contributed by atoms with Crippen molar-refractivity contribution in [3.8, 4) is 0 Å². The molecule has 0 bridgehead atoms. The van der Waals surface area contributed by atoms with E-state index in [-0.39, 0.29) is 12.0 Å². The third-order valence-corrected chi connectivity index (χ3v) is 6.93. The van der Waals surface area contributed by atoms with Crippen LogP contribution >= 0.6 is 38.6 Å². The second-order valence-electron chi connectivity index (χ2n) is 5.68. The van der Waals surface area contributed by atoms with Crippen LogP contribution in [0.25, 0.3) is 0 Å². The second-order valence-corrected chi connectivity index (χ2v) is 9.13. The van der Waals surface area contributed by atoms with Crippen LogP contribution in [0, 0.1) is 12.8 Å². The van der Waals surface area contributed by atoms with E-state index >= 15 is 0 Å². The lowest BCUT2D eigenvalue weighted by Crippen LogP contribution is -2.41. The molecule has 6 heteroatoms. The highest BCUT2D eigenvalue weighted by molar-refractivity contribution is 9.11. The number of likely N-dealkylation sites (tertiary alicyclic amines) is 1. The van der Waals surface area contributed by atoms with E-state index in [1.54, 1.807) is 22.7 Å². The van der Waals surface area contributed by atoms with Crippen LogP contribution in [0.15, 0.2) is 27.4 Å². The Balaban J connectivity index is 1.95. The topological polar surface area (TPSA) is 40.5 Å². The van der Waals surface area contributed by atoms with Crippen molar-refractivity contribution in [1.29, 1.82) is 0 Å². The van der Waals surface area contributed by atoms with Crippen LogP contribution in [-0.4, -0.2) is 29.1 Å². The lowest BCUT2D eigenvalue weighted by atomic mass is 9.95. The first-order chi connectivity index (χ1) is 10.6. The molecule has 1 aliphatic rings. The summed E-state index contributed by atoms with van der Waals surface area (Å²) in [5, 5.41) is 11.5. The fraction of sp³-hybridized carbons (Fsp3) is 0.438. The number of halogens is 1. The van der Waals surface area contributed by atoms with E-state index in [1.807, 2.05) is 0 Å². The van der Waals surface area contributed by atoms with E-state index in [0.29, 0.717) is 6.54 Å². The summed E-state index contributed by atoms with van der Waals surface area (Å²) >= 11 is 7.06. The number of carboxylic acid groups (broad SMARTS) is 1. The first-order valence-electron chi connectivity index (χ1n) is 7.32. The van der Waals surface area contributed by atoms with Gasteiger partial charge < -0.3 is 5.11 Å². The second kappa shape index (κ2) is 6.83. The van der Waals surface area contributed by atoms with Crippen molar-refractivity contribution in [2.24, 2.45) is 5.92 Å². The number of carbonyl (C=O) groups is 1. The summed E-state index contributed by atoms with van der Waals surface area (Å²) in [5.41, 5.74) is 1.29. The van der Waals surface area contributed by atoms with Gasteiger partial charge in [0.15, 0.2) is 0 Å². The SMILES string of the molecule is Cc1ccsc1C(c1ccc(Br)s1)N1CCCC(C(=O)O)C1. The average molecular weight is 400 g/mol. The number of hydrogen-bond donors (Lipinski definition) is 1. The van der Waals surface area contributed by atoms with E-state index in [9.17, 15) is 9.90 Å². The summed E-state index contributed by atoms with van der Waals surface area (Å²) in [7, 11) is 0. The van der Waals surface area contributed by atoms with E-state index in [4.69, 9.17) is 0 Å². The molecule has 0 aromatic carbocycles. The van der Waals surface area contributed by atoms with Gasteiger partial charge in [0.05, 0.1) is 15.7 Å². The molecule has 2 aromatic rings. The van der Waals surface area contributed by atoms with Gasteiger partial charge in [-0.25, -0.2) is 0 Å². The molecule has 0 radical (unpaired) electrons. The minimum atomic E-state index is -0.668. The highest BCUT2D eigenvalue weighted by Gasteiger charge is 2.33. The van der Waals surface area contributed by atoms with Crippen molar-refractivity contribution in [1.82, 2.24) is 4.90 Å². The molecule has 0 saturated carbocycles. The van der Waals surface area contributed by atoms with Gasteiger partial charge in [0, 0.05) is 16.3 Å². The molecule has 0 spiro atoms. The van der Waals surface area contributed by atoms with E-state index in [1.165, 1.54) is 15.3 Å². The van der Waals surface area contributed by atoms with Crippen LogP contribution < -0.4 is 0 Å². The number of nitrogens with zero attached hydrogens (tertiary/aromatic N) is 1. The van der Waals surface area contributed by atoms with E-state index < -0.39 is 5.97 Å². The molecule has 1 aliphatic heterocycles. The van der Waals surface area contributed by atoms with Crippen LogP contribution in [0.2, 0.25) is 0 Å². The number of thiophene rings is 2. The summed E-state index contributed by atoms with van der Waals surface area (Å²) in [6.45, 7) is 3.73. The largest absolute Gasteiger partial charge is 0.481 e. The molecule has 1 saturated heterocycles. The normalized spacial score (nSPS) is 20.9. The molecule has 1 fully saturated rings. The molecule has 0 aliphatic carbocycles. The molecule has 2 aromatic heterocycles. The number of rotatable bonds is 4. The number of hydrogen-bond acceptors (Lipinski definition) is 4. The Kier molecular flexibility index (Phi) is 5.02. The maximum absolute atomic E-state index is 11.4. The third kappa shape index (κ3) is 3.30. The fourth-order valence-corrected chi connectivity index (χ4v) is 5.78. The summed E-state index contributed by atoms with van der Waals surface area (Å²) in [6.07, 6.45) is 1.74. The summed E-state index contributed by atoms with van der Waals surface area (Å²) in [4.78, 5) is 16.3. The van der Waals surface area contributed by atoms with Crippen molar-refractivity contribution in [3.63, 3.8) is 0 Å². The van der Waals surface area contributed by atoms with Gasteiger partial charge in [0.2, 0.25) is 0 Å². The van der Waals surface area contributed by atoms with Crippen LogP contribution in [0.3, 0.4) is 0 Å². The number of piperidine rings is 1. The minimum absolute atomic E-state index is 0.179. The lowest BCUT2D eigenvalue weighted by Gasteiger charge is -2.36. The van der Waals surface area contributed by atoms with Crippen LogP contribution in [0.4, 0.5) is 0 Å². The molecule has 1 N–H and O–H groups in total. The van der Waals surface area contributed by atoms with Crippen molar-refractivity contribution in [2.75, 3.05) is 13.1 Å². The zero-order chi connectivity index (χ0) is 15.7. The van der Waals surface area contributed by atoms with E-state index in [2.05, 4.69) is 51.3 Å². The Bertz CT molecular complexity index is 667. The summed E-state index contributed by atoms with van der Waals surface area (Å²) in [5.74, 6) is -0.918. The molecule has 118 valence electrons. The first kappa shape index (κ1) is 16.2. The zero-order valence-electron chi connectivity index (χ0n) is 12.3. The Morgan fingerprint density at radius 3 is 2.86 bits per heavy atom. The maximum atomic E-state index is 11.4. The number of carboxylic acids is 1. The van der Waals surface area contributed by atoms with E-state index in [0.717, 1.165) is 23.2 Å².